The molecule has 0 spiro atoms. The van der Waals surface area contributed by atoms with E-state index in [1.807, 2.05) is 18.2 Å². The van der Waals surface area contributed by atoms with Gasteiger partial charge in [-0.15, -0.1) is 0 Å². The molecule has 94 valence electrons. The van der Waals surface area contributed by atoms with E-state index >= 15 is 0 Å². The zero-order valence-corrected chi connectivity index (χ0v) is 10.7. The molecule has 0 N–H and O–H groups in total. The summed E-state index contributed by atoms with van der Waals surface area (Å²) in [4.78, 5) is 11.0. The number of esters is 1. The van der Waals surface area contributed by atoms with Crippen LogP contribution in [0.3, 0.4) is 0 Å². The Balaban J connectivity index is 2.61. The van der Waals surface area contributed by atoms with Crippen LogP contribution in [0.2, 0.25) is 0 Å². The van der Waals surface area contributed by atoms with Gasteiger partial charge in [-0.2, -0.15) is 0 Å². The fraction of sp³-hybridized carbons (Fsp3) is 0.500. The van der Waals surface area contributed by atoms with E-state index in [1.54, 1.807) is 0 Å². The summed E-state index contributed by atoms with van der Waals surface area (Å²) in [6, 6.07) is 7.97. The summed E-state index contributed by atoms with van der Waals surface area (Å²) in [6.07, 6.45) is 1.35. The van der Waals surface area contributed by atoms with Crippen LogP contribution in [-0.2, 0) is 9.53 Å². The van der Waals surface area contributed by atoms with Crippen LogP contribution in [0.4, 0.5) is 0 Å². The molecule has 3 heteroatoms. The molecule has 0 saturated carbocycles. The lowest BCUT2D eigenvalue weighted by Crippen LogP contribution is -2.08. The maximum absolute atomic E-state index is 11.0. The molecule has 0 amide bonds. The summed E-state index contributed by atoms with van der Waals surface area (Å²) >= 11 is 0. The molecule has 0 saturated heterocycles. The van der Waals surface area contributed by atoms with Crippen LogP contribution in [0.15, 0.2) is 24.3 Å². The van der Waals surface area contributed by atoms with Crippen LogP contribution in [0.25, 0.3) is 0 Å². The largest absolute Gasteiger partial charge is 0.493 e. The lowest BCUT2D eigenvalue weighted by atomic mass is 9.98. The van der Waals surface area contributed by atoms with E-state index in [-0.39, 0.29) is 12.4 Å². The van der Waals surface area contributed by atoms with Gasteiger partial charge in [0, 0.05) is 0 Å². The van der Waals surface area contributed by atoms with Crippen molar-refractivity contribution < 1.29 is 14.3 Å². The van der Waals surface area contributed by atoms with Crippen LogP contribution in [-0.4, -0.2) is 19.7 Å². The average Bonchev–Trinajstić information content (AvgIpc) is 2.38. The third kappa shape index (κ3) is 4.10. The topological polar surface area (TPSA) is 35.5 Å². The van der Waals surface area contributed by atoms with Crippen LogP contribution < -0.4 is 4.74 Å². The molecule has 1 aromatic carbocycles. The van der Waals surface area contributed by atoms with Gasteiger partial charge in [0.2, 0.25) is 0 Å². The molecule has 0 aliphatic carbocycles. The Morgan fingerprint density at radius 1 is 1.35 bits per heavy atom. The van der Waals surface area contributed by atoms with Crippen molar-refractivity contribution in [1.82, 2.24) is 0 Å². The molecule has 1 aromatic rings. The number of hydrogen-bond donors (Lipinski definition) is 0. The Morgan fingerprint density at radius 2 is 2.06 bits per heavy atom. The molecule has 1 atom stereocenters. The first kappa shape index (κ1) is 13.6. The minimum atomic E-state index is -0.244. The SMILES string of the molecule is CCC(C)c1ccccc1OCCC(=O)OC. The Hall–Kier alpha value is -1.51. The lowest BCUT2D eigenvalue weighted by Gasteiger charge is -2.15. The Labute approximate surface area is 103 Å². The standard InChI is InChI=1S/C14H20O3/c1-4-11(2)12-7-5-6-8-13(12)17-10-9-14(15)16-3/h5-8,11H,4,9-10H2,1-3H3. The quantitative estimate of drug-likeness (QED) is 0.712. The Morgan fingerprint density at radius 3 is 2.71 bits per heavy atom. The van der Waals surface area contributed by atoms with Crippen LogP contribution >= 0.6 is 0 Å². The van der Waals surface area contributed by atoms with Crippen molar-refractivity contribution in [1.29, 1.82) is 0 Å². The molecule has 0 aliphatic heterocycles. The predicted octanol–water partition coefficient (Wildman–Crippen LogP) is 3.14. The predicted molar refractivity (Wildman–Crippen MR) is 67.3 cm³/mol. The van der Waals surface area contributed by atoms with Crippen molar-refractivity contribution in [2.45, 2.75) is 32.6 Å². The highest BCUT2D eigenvalue weighted by Gasteiger charge is 2.09. The molecule has 1 unspecified atom stereocenters. The molecule has 0 heterocycles. The fourth-order valence-corrected chi connectivity index (χ4v) is 1.59. The van der Waals surface area contributed by atoms with Gasteiger partial charge in [-0.25, -0.2) is 0 Å². The summed E-state index contributed by atoms with van der Waals surface area (Å²) < 4.78 is 10.2. The van der Waals surface area contributed by atoms with Gasteiger partial charge < -0.3 is 9.47 Å². The highest BCUT2D eigenvalue weighted by molar-refractivity contribution is 5.69. The van der Waals surface area contributed by atoms with Crippen LogP contribution in [0, 0.1) is 0 Å². The monoisotopic (exact) mass is 236 g/mol. The van der Waals surface area contributed by atoms with Crippen LogP contribution in [0.1, 0.15) is 38.2 Å². The zero-order valence-electron chi connectivity index (χ0n) is 10.7. The zero-order chi connectivity index (χ0) is 12.7. The van der Waals surface area contributed by atoms with Gasteiger partial charge in [-0.05, 0) is 24.0 Å². The molecule has 0 aliphatic rings. The molecule has 0 fully saturated rings. The molecule has 3 nitrogen and oxygen atoms in total. The van der Waals surface area contributed by atoms with Gasteiger partial charge in [0.05, 0.1) is 20.1 Å². The van der Waals surface area contributed by atoms with Gasteiger partial charge in [0.25, 0.3) is 0 Å². The Bertz CT molecular complexity index is 360. The number of carbonyl (C=O) groups is 1. The summed E-state index contributed by atoms with van der Waals surface area (Å²) in [5.74, 6) is 1.08. The molecular formula is C14H20O3. The first-order valence-corrected chi connectivity index (χ1v) is 5.97. The maximum atomic E-state index is 11.0. The summed E-state index contributed by atoms with van der Waals surface area (Å²) in [5, 5.41) is 0. The summed E-state index contributed by atoms with van der Waals surface area (Å²) in [7, 11) is 1.38. The number of para-hydroxylation sites is 1. The van der Waals surface area contributed by atoms with E-state index in [1.165, 1.54) is 12.7 Å². The second-order valence-corrected chi connectivity index (χ2v) is 4.02. The molecule has 1 rings (SSSR count). The van der Waals surface area contributed by atoms with Crippen molar-refractivity contribution in [3.63, 3.8) is 0 Å². The smallest absolute Gasteiger partial charge is 0.308 e. The molecule has 0 radical (unpaired) electrons. The normalized spacial score (nSPS) is 11.9. The summed E-state index contributed by atoms with van der Waals surface area (Å²) in [5.41, 5.74) is 1.19. The molecule has 0 aromatic heterocycles. The Kier molecular flexibility index (Phi) is 5.53. The number of hydrogen-bond acceptors (Lipinski definition) is 3. The molecule has 17 heavy (non-hydrogen) atoms. The first-order valence-electron chi connectivity index (χ1n) is 5.97. The van der Waals surface area contributed by atoms with E-state index in [9.17, 15) is 4.79 Å². The number of methoxy groups -OCH3 is 1. The van der Waals surface area contributed by atoms with Crippen molar-refractivity contribution in [3.05, 3.63) is 29.8 Å². The minimum Gasteiger partial charge on any atom is -0.493 e. The van der Waals surface area contributed by atoms with Gasteiger partial charge in [-0.3, -0.25) is 4.79 Å². The van der Waals surface area contributed by atoms with Crippen molar-refractivity contribution >= 4 is 5.97 Å². The van der Waals surface area contributed by atoms with Crippen LogP contribution in [0.5, 0.6) is 5.75 Å². The molecular weight excluding hydrogens is 216 g/mol. The van der Waals surface area contributed by atoms with Gasteiger partial charge in [0.15, 0.2) is 0 Å². The lowest BCUT2D eigenvalue weighted by molar-refractivity contribution is -0.141. The fourth-order valence-electron chi connectivity index (χ4n) is 1.59. The number of benzene rings is 1. The van der Waals surface area contributed by atoms with E-state index in [0.29, 0.717) is 12.5 Å². The minimum absolute atomic E-state index is 0.244. The number of carbonyl (C=O) groups excluding carboxylic acids is 1. The number of ether oxygens (including phenoxy) is 2. The second-order valence-electron chi connectivity index (χ2n) is 4.02. The van der Waals surface area contributed by atoms with Gasteiger partial charge in [-0.1, -0.05) is 32.0 Å². The second kappa shape index (κ2) is 6.94. The summed E-state index contributed by atoms with van der Waals surface area (Å²) in [6.45, 7) is 4.68. The van der Waals surface area contributed by atoms with E-state index in [0.717, 1.165) is 12.2 Å². The highest BCUT2D eigenvalue weighted by Crippen LogP contribution is 2.28. The van der Waals surface area contributed by atoms with Gasteiger partial charge >= 0.3 is 5.97 Å². The van der Waals surface area contributed by atoms with Crippen molar-refractivity contribution in [2.75, 3.05) is 13.7 Å². The highest BCUT2D eigenvalue weighted by atomic mass is 16.5. The maximum Gasteiger partial charge on any atom is 0.308 e. The van der Waals surface area contributed by atoms with Crippen molar-refractivity contribution in [2.24, 2.45) is 0 Å². The first-order chi connectivity index (χ1) is 8.19. The van der Waals surface area contributed by atoms with Gasteiger partial charge in [0.1, 0.15) is 5.75 Å². The third-order valence-corrected chi connectivity index (χ3v) is 2.85. The van der Waals surface area contributed by atoms with E-state index < -0.39 is 0 Å². The number of rotatable bonds is 6. The third-order valence-electron chi connectivity index (χ3n) is 2.85. The average molecular weight is 236 g/mol. The van der Waals surface area contributed by atoms with Crippen molar-refractivity contribution in [3.8, 4) is 5.75 Å². The molecule has 0 bridgehead atoms. The van der Waals surface area contributed by atoms with E-state index in [2.05, 4.69) is 24.7 Å². The van der Waals surface area contributed by atoms with E-state index in [4.69, 9.17) is 4.74 Å².